The highest BCUT2D eigenvalue weighted by Gasteiger charge is 2.00. The van der Waals surface area contributed by atoms with Crippen LogP contribution < -0.4 is 5.73 Å². The van der Waals surface area contributed by atoms with E-state index in [1.165, 1.54) is 0 Å². The van der Waals surface area contributed by atoms with Crippen LogP contribution in [0.15, 0.2) is 24.3 Å². The van der Waals surface area contributed by atoms with Crippen molar-refractivity contribution in [3.05, 3.63) is 35.5 Å². The summed E-state index contributed by atoms with van der Waals surface area (Å²) in [5.41, 5.74) is 8.65. The van der Waals surface area contributed by atoms with Gasteiger partial charge in [-0.15, -0.1) is 0 Å². The minimum atomic E-state index is 0.620. The summed E-state index contributed by atoms with van der Waals surface area (Å²) in [5, 5.41) is 9.68. The zero-order valence-electron chi connectivity index (χ0n) is 7.78. The Balaban J connectivity index is 2.78. The number of pyridine rings is 1. The minimum Gasteiger partial charge on any atom is -0.397 e. The van der Waals surface area contributed by atoms with E-state index < -0.39 is 0 Å². The number of nitrogens with two attached hydrogens (primary N) is 1. The quantitative estimate of drug-likeness (QED) is 0.679. The molecule has 2 rings (SSSR count). The van der Waals surface area contributed by atoms with Crippen LogP contribution >= 0.6 is 0 Å². The highest BCUT2D eigenvalue weighted by molar-refractivity contribution is 5.83. The standard InChI is InChI=1S/C11H9N3/c1-7-10(13)5-9-3-2-8(6-12)4-11(9)14-7/h2-5H,13H2,1H3. The Morgan fingerprint density at radius 3 is 2.86 bits per heavy atom. The summed E-state index contributed by atoms with van der Waals surface area (Å²) in [6.07, 6.45) is 0. The molecule has 3 heteroatoms. The lowest BCUT2D eigenvalue weighted by molar-refractivity contribution is 1.26. The van der Waals surface area contributed by atoms with Gasteiger partial charge in [0.05, 0.1) is 28.5 Å². The summed E-state index contributed by atoms with van der Waals surface area (Å²) in [7, 11) is 0. The number of aromatic nitrogens is 1. The van der Waals surface area contributed by atoms with Gasteiger partial charge in [0, 0.05) is 5.39 Å². The van der Waals surface area contributed by atoms with E-state index in [0.29, 0.717) is 11.3 Å². The fraction of sp³-hybridized carbons (Fsp3) is 0.0909. The van der Waals surface area contributed by atoms with Gasteiger partial charge in [0.15, 0.2) is 0 Å². The monoisotopic (exact) mass is 183 g/mol. The summed E-state index contributed by atoms with van der Waals surface area (Å²) >= 11 is 0. The van der Waals surface area contributed by atoms with Crippen molar-refractivity contribution in [2.45, 2.75) is 6.92 Å². The van der Waals surface area contributed by atoms with Crippen molar-refractivity contribution in [2.24, 2.45) is 0 Å². The van der Waals surface area contributed by atoms with Gasteiger partial charge in [-0.25, -0.2) is 0 Å². The molecule has 0 atom stereocenters. The third-order valence-electron chi connectivity index (χ3n) is 2.18. The molecule has 0 fully saturated rings. The van der Waals surface area contributed by atoms with Crippen molar-refractivity contribution < 1.29 is 0 Å². The molecule has 2 N–H and O–H groups in total. The first-order valence-electron chi connectivity index (χ1n) is 4.27. The molecule has 0 amide bonds. The van der Waals surface area contributed by atoms with E-state index in [4.69, 9.17) is 11.0 Å². The Bertz CT molecular complexity index is 538. The van der Waals surface area contributed by atoms with Crippen LogP contribution in [0.4, 0.5) is 5.69 Å². The average Bonchev–Trinajstić information content (AvgIpc) is 2.19. The van der Waals surface area contributed by atoms with Crippen LogP contribution in [0, 0.1) is 18.3 Å². The van der Waals surface area contributed by atoms with E-state index in [1.807, 2.05) is 19.1 Å². The van der Waals surface area contributed by atoms with Crippen LogP contribution in [0.3, 0.4) is 0 Å². The molecule has 0 saturated carbocycles. The molecule has 14 heavy (non-hydrogen) atoms. The number of hydrogen-bond acceptors (Lipinski definition) is 3. The topological polar surface area (TPSA) is 62.7 Å². The molecule has 68 valence electrons. The predicted molar refractivity (Wildman–Crippen MR) is 55.6 cm³/mol. The third kappa shape index (κ3) is 1.27. The lowest BCUT2D eigenvalue weighted by atomic mass is 10.1. The molecule has 0 saturated heterocycles. The molecule has 0 aliphatic rings. The van der Waals surface area contributed by atoms with E-state index in [-0.39, 0.29) is 0 Å². The fourth-order valence-corrected chi connectivity index (χ4v) is 1.35. The van der Waals surface area contributed by atoms with E-state index in [0.717, 1.165) is 16.6 Å². The molecular weight excluding hydrogens is 174 g/mol. The van der Waals surface area contributed by atoms with Crippen molar-refractivity contribution in [3.63, 3.8) is 0 Å². The number of rotatable bonds is 0. The number of nitrogens with zero attached hydrogens (tertiary/aromatic N) is 2. The SMILES string of the molecule is Cc1nc2cc(C#N)ccc2cc1N. The smallest absolute Gasteiger partial charge is 0.0992 e. The van der Waals surface area contributed by atoms with Crippen LogP contribution in [0.1, 0.15) is 11.3 Å². The first kappa shape index (κ1) is 8.52. The number of anilines is 1. The zero-order chi connectivity index (χ0) is 10.1. The van der Waals surface area contributed by atoms with Gasteiger partial charge in [0.25, 0.3) is 0 Å². The number of nitrogen functional groups attached to an aromatic ring is 1. The highest BCUT2D eigenvalue weighted by Crippen LogP contribution is 2.18. The van der Waals surface area contributed by atoms with E-state index >= 15 is 0 Å². The third-order valence-corrected chi connectivity index (χ3v) is 2.18. The number of fused-ring (bicyclic) bond motifs is 1. The Hall–Kier alpha value is -2.08. The van der Waals surface area contributed by atoms with Gasteiger partial charge in [-0.1, -0.05) is 6.07 Å². The van der Waals surface area contributed by atoms with Crippen LogP contribution in [-0.2, 0) is 0 Å². The largest absolute Gasteiger partial charge is 0.397 e. The fourth-order valence-electron chi connectivity index (χ4n) is 1.35. The van der Waals surface area contributed by atoms with Crippen LogP contribution in [0.25, 0.3) is 10.9 Å². The van der Waals surface area contributed by atoms with Gasteiger partial charge in [-0.3, -0.25) is 4.98 Å². The molecule has 0 aliphatic carbocycles. The molecule has 2 aromatic rings. The van der Waals surface area contributed by atoms with Crippen molar-refractivity contribution >= 4 is 16.6 Å². The molecule has 0 spiro atoms. The number of benzene rings is 1. The molecule has 0 bridgehead atoms. The second-order valence-electron chi connectivity index (χ2n) is 3.18. The summed E-state index contributed by atoms with van der Waals surface area (Å²) in [6.45, 7) is 1.85. The van der Waals surface area contributed by atoms with Gasteiger partial charge in [-0.2, -0.15) is 5.26 Å². The zero-order valence-corrected chi connectivity index (χ0v) is 7.78. The molecule has 0 aliphatic heterocycles. The number of hydrogen-bond donors (Lipinski definition) is 1. The maximum absolute atomic E-state index is 8.72. The second kappa shape index (κ2) is 3.00. The molecule has 1 heterocycles. The summed E-state index contributed by atoms with van der Waals surface area (Å²) in [6, 6.07) is 9.34. The van der Waals surface area contributed by atoms with Crippen LogP contribution in [0.2, 0.25) is 0 Å². The maximum Gasteiger partial charge on any atom is 0.0992 e. The van der Waals surface area contributed by atoms with Gasteiger partial charge < -0.3 is 5.73 Å². The average molecular weight is 183 g/mol. The van der Waals surface area contributed by atoms with Crippen LogP contribution in [-0.4, -0.2) is 4.98 Å². The molecule has 3 nitrogen and oxygen atoms in total. The molecule has 0 unspecified atom stereocenters. The molecule has 1 aromatic heterocycles. The highest BCUT2D eigenvalue weighted by atomic mass is 14.7. The summed E-state index contributed by atoms with van der Waals surface area (Å²) < 4.78 is 0. The van der Waals surface area contributed by atoms with Crippen molar-refractivity contribution in [2.75, 3.05) is 5.73 Å². The Labute approximate surface area is 81.8 Å². The van der Waals surface area contributed by atoms with Crippen molar-refractivity contribution in [1.82, 2.24) is 4.98 Å². The normalized spacial score (nSPS) is 10.0. The van der Waals surface area contributed by atoms with E-state index in [2.05, 4.69) is 11.1 Å². The number of nitriles is 1. The number of aryl methyl sites for hydroxylation is 1. The van der Waals surface area contributed by atoms with Gasteiger partial charge >= 0.3 is 0 Å². The van der Waals surface area contributed by atoms with Crippen molar-refractivity contribution in [3.8, 4) is 6.07 Å². The molecule has 0 radical (unpaired) electrons. The lowest BCUT2D eigenvalue weighted by Gasteiger charge is -2.02. The van der Waals surface area contributed by atoms with Gasteiger partial charge in [0.2, 0.25) is 0 Å². The van der Waals surface area contributed by atoms with E-state index in [9.17, 15) is 0 Å². The van der Waals surface area contributed by atoms with Gasteiger partial charge in [0.1, 0.15) is 0 Å². The van der Waals surface area contributed by atoms with E-state index in [1.54, 1.807) is 12.1 Å². The Kier molecular flexibility index (Phi) is 1.83. The maximum atomic E-state index is 8.72. The summed E-state index contributed by atoms with van der Waals surface area (Å²) in [4.78, 5) is 4.31. The van der Waals surface area contributed by atoms with Gasteiger partial charge in [-0.05, 0) is 25.1 Å². The summed E-state index contributed by atoms with van der Waals surface area (Å²) in [5.74, 6) is 0. The molecule has 1 aromatic carbocycles. The predicted octanol–water partition coefficient (Wildman–Crippen LogP) is 2.00. The van der Waals surface area contributed by atoms with Crippen molar-refractivity contribution in [1.29, 1.82) is 5.26 Å². The lowest BCUT2D eigenvalue weighted by Crippen LogP contribution is -1.93. The first-order chi connectivity index (χ1) is 6.70. The minimum absolute atomic E-state index is 0.620. The molecular formula is C11H9N3. The second-order valence-corrected chi connectivity index (χ2v) is 3.18. The van der Waals surface area contributed by atoms with Crippen LogP contribution in [0.5, 0.6) is 0 Å². The Morgan fingerprint density at radius 1 is 1.36 bits per heavy atom. The Morgan fingerprint density at radius 2 is 2.14 bits per heavy atom. The first-order valence-corrected chi connectivity index (χ1v) is 4.27.